The van der Waals surface area contributed by atoms with Gasteiger partial charge in [0.1, 0.15) is 14.9 Å². The predicted octanol–water partition coefficient (Wildman–Crippen LogP) is -0.369. The Bertz CT molecular complexity index is 706. The maximum absolute atomic E-state index is 12.0. The molecule has 1 rings (SSSR count). The van der Waals surface area contributed by atoms with Gasteiger partial charge in [-0.2, -0.15) is 0 Å². The minimum absolute atomic E-state index is 0.626. The van der Waals surface area contributed by atoms with Crippen molar-refractivity contribution in [1.29, 1.82) is 4.29 Å². The Morgan fingerprint density at radius 1 is 1.69 bits per heavy atom. The van der Waals surface area contributed by atoms with Gasteiger partial charge in [-0.15, -0.1) is 0 Å². The summed E-state index contributed by atoms with van der Waals surface area (Å²) in [6.07, 6.45) is -3.43. The minimum atomic E-state index is -3.44. The Hall–Kier alpha value is -1.79. The Morgan fingerprint density at radius 2 is 2.50 bits per heavy atom. The molecule has 0 spiro atoms. The zero-order valence-corrected chi connectivity index (χ0v) is 7.99. The van der Waals surface area contributed by atoms with Crippen molar-refractivity contribution in [2.24, 2.45) is 5.72 Å². The summed E-state index contributed by atoms with van der Waals surface area (Å²) in [4.78, 5) is 12.0. The van der Waals surface area contributed by atoms with Gasteiger partial charge in [-0.3, -0.25) is 4.79 Å². The monoisotopic (exact) mass is 237 g/mol. The second-order valence-electron chi connectivity index (χ2n) is 2.58. The predicted molar refractivity (Wildman–Crippen MR) is 54.7 cm³/mol. The average Bonchev–Trinajstić information content (AvgIpc) is 2.62. The summed E-state index contributed by atoms with van der Waals surface area (Å²) >= 11 is 0. The smallest absolute Gasteiger partial charge is 0.325 e. The number of aliphatic hydroxyl groups is 1. The molecule has 2 atom stereocenters. The fourth-order valence-corrected chi connectivity index (χ4v) is 0.799. The van der Waals surface area contributed by atoms with Gasteiger partial charge in [-0.25, -0.2) is 0 Å². The van der Waals surface area contributed by atoms with Gasteiger partial charge in [0, 0.05) is 0 Å². The van der Waals surface area contributed by atoms with Crippen LogP contribution in [0.15, 0.2) is 18.1 Å². The fraction of sp³-hybridized carbons (Fsp3) is 0.300. The van der Waals surface area contributed by atoms with Crippen LogP contribution in [-0.2, 0) is 9.53 Å². The summed E-state index contributed by atoms with van der Waals surface area (Å²) in [7, 11) is 0.772. The Labute approximate surface area is 106 Å². The lowest BCUT2D eigenvalue weighted by Gasteiger charge is -2.17. The zero-order chi connectivity index (χ0) is 20.4. The number of ether oxygens (including phenoxy) is 1. The number of carbonyl (C=O) groups is 1. The van der Waals surface area contributed by atoms with E-state index < -0.39 is 59.0 Å². The van der Waals surface area contributed by atoms with Crippen LogP contribution >= 0.6 is 0 Å². The van der Waals surface area contributed by atoms with Gasteiger partial charge in [-0.05, 0) is 17.6 Å². The first-order valence-corrected chi connectivity index (χ1v) is 3.90. The van der Waals surface area contributed by atoms with Crippen LogP contribution in [0.4, 0.5) is 0 Å². The summed E-state index contributed by atoms with van der Waals surface area (Å²) in [5.74, 6) is -3.48. The first kappa shape index (κ1) is 4.23. The van der Waals surface area contributed by atoms with Crippen LogP contribution in [0.3, 0.4) is 0 Å². The van der Waals surface area contributed by atoms with E-state index in [4.69, 9.17) is 14.0 Å². The number of hydrogen-bond acceptors (Lipinski definition) is 6. The lowest BCUT2D eigenvalue weighted by atomic mass is 10.0. The van der Waals surface area contributed by atoms with Crippen LogP contribution in [0.5, 0.6) is 11.5 Å². The molecule has 0 unspecified atom stereocenters. The van der Waals surface area contributed by atoms with Gasteiger partial charge >= 0.3 is 5.97 Å². The Kier molecular flexibility index (Phi) is 1.27. The number of esters is 1. The first-order valence-electron chi connectivity index (χ1n) is 8.52. The summed E-state index contributed by atoms with van der Waals surface area (Å²) in [6, 6.07) is -6.59. The van der Waals surface area contributed by atoms with Crippen molar-refractivity contribution in [3.05, 3.63) is 23.7 Å². The number of phenols is 2. The van der Waals surface area contributed by atoms with E-state index in [1.807, 2.05) is 0 Å². The average molecular weight is 237 g/mol. The van der Waals surface area contributed by atoms with E-state index in [0.29, 0.717) is 0 Å². The topological polar surface area (TPSA) is 113 Å². The standard InChI is InChI=1S/C10H13NO5/c1-16-10(15)8(11)9(14)5-2-3-6(12)7(13)4-5/h2-4,8-9,12-14H,11H2,1H3/t8-,9+/m0/s1/i2D,3D,4D,8D,9D,14D/hD4. The van der Waals surface area contributed by atoms with E-state index in [1.165, 1.54) is 0 Å². The van der Waals surface area contributed by atoms with E-state index in [2.05, 4.69) is 20.1 Å². The molecule has 0 fully saturated rings. The number of carbonyl (C=O) groups excluding carboxylic acids is 1. The van der Waals surface area contributed by atoms with Crippen molar-refractivity contribution in [3.8, 4) is 11.5 Å². The maximum atomic E-state index is 12.0. The number of benzene rings is 1. The molecule has 6 heteroatoms. The van der Waals surface area contributed by atoms with Crippen LogP contribution in [0.25, 0.3) is 0 Å². The van der Waals surface area contributed by atoms with Crippen LogP contribution in [-0.4, -0.2) is 38.7 Å². The van der Waals surface area contributed by atoms with Crippen molar-refractivity contribution in [2.45, 2.75) is 12.1 Å². The van der Waals surface area contributed by atoms with Crippen molar-refractivity contribution in [1.82, 2.24) is 0 Å². The van der Waals surface area contributed by atoms with Crippen molar-refractivity contribution >= 4 is 5.97 Å². The molecule has 16 heavy (non-hydrogen) atoms. The van der Waals surface area contributed by atoms with E-state index in [-0.39, 0.29) is 0 Å². The molecule has 6 nitrogen and oxygen atoms in total. The van der Waals surface area contributed by atoms with Gasteiger partial charge in [0.15, 0.2) is 11.5 Å². The fourth-order valence-electron chi connectivity index (χ4n) is 0.799. The molecule has 0 radical (unpaired) electrons. The Balaban J connectivity index is 4.01. The lowest BCUT2D eigenvalue weighted by molar-refractivity contribution is -0.145. The van der Waals surface area contributed by atoms with Gasteiger partial charge in [0.25, 0.3) is 2.86 Å². The quantitative estimate of drug-likeness (QED) is 0.380. The van der Waals surface area contributed by atoms with E-state index in [9.17, 15) is 4.79 Å². The molecule has 0 saturated heterocycles. The summed E-state index contributed by atoms with van der Waals surface area (Å²) in [6.45, 7) is 0. The lowest BCUT2D eigenvalue weighted by Crippen LogP contribution is -2.37. The highest BCUT2D eigenvalue weighted by molar-refractivity contribution is 5.76. The Morgan fingerprint density at radius 3 is 3.06 bits per heavy atom. The van der Waals surface area contributed by atoms with Crippen LogP contribution in [0.1, 0.15) is 18.5 Å². The molecule has 0 aromatic heterocycles. The summed E-state index contributed by atoms with van der Waals surface area (Å²) in [5.41, 5.74) is -1.75. The van der Waals surface area contributed by atoms with Gasteiger partial charge in [0.2, 0.25) is 1.43 Å². The molecule has 0 bridgehead atoms. The van der Waals surface area contributed by atoms with Crippen molar-refractivity contribution in [3.63, 3.8) is 0 Å². The molecule has 5 N–H and O–H groups in total. The van der Waals surface area contributed by atoms with E-state index in [0.717, 1.165) is 7.11 Å². The number of phenolic OH excluding ortho intramolecular Hbond substituents is 2. The van der Waals surface area contributed by atoms with E-state index >= 15 is 0 Å². The van der Waals surface area contributed by atoms with Gasteiger partial charge in [-0.1, -0.05) is 6.04 Å². The normalized spacial score (nSPS) is 26.6. The third kappa shape index (κ3) is 2.41. The first-order chi connectivity index (χ1) is 12.0. The molecular formula is C10H13NO5. The number of methoxy groups -OCH3 is 1. The number of aromatic hydroxyl groups is 2. The molecule has 0 heterocycles. The third-order valence-corrected chi connectivity index (χ3v) is 1.57. The minimum Gasteiger partial charge on any atom is -0.504 e. The summed E-state index contributed by atoms with van der Waals surface area (Å²) in [5, 5.41) is 12.2. The second kappa shape index (κ2) is 4.82. The highest BCUT2D eigenvalue weighted by atomic mass is 16.5. The van der Waals surface area contributed by atoms with Gasteiger partial charge < -0.3 is 25.8 Å². The highest BCUT2D eigenvalue weighted by Gasteiger charge is 2.25. The molecule has 0 amide bonds. The molecule has 88 valence electrons. The molecule has 1 aromatic rings. The van der Waals surface area contributed by atoms with Gasteiger partial charge in [0.05, 0.1) is 14.0 Å². The SMILES string of the molecule is [2H]Oc1c([2H])c([2H])c([C@@]([2H])(O[2H])[C@@]([2H])(C(=O)OC)N([2H])[2H])c([2H])c1O[2H]. The van der Waals surface area contributed by atoms with Crippen LogP contribution in [0, 0.1) is 0 Å². The molecule has 0 aliphatic rings. The number of nitrogens with two attached hydrogens (primary N) is 1. The number of rotatable bonds is 7. The van der Waals surface area contributed by atoms with E-state index in [1.54, 1.807) is 0 Å². The molecule has 0 saturated carbocycles. The number of hydrogen-bond donors (Lipinski definition) is 4. The van der Waals surface area contributed by atoms with Crippen LogP contribution in [0.2, 0.25) is 2.82 Å². The second-order valence-corrected chi connectivity index (χ2v) is 2.58. The molecule has 0 aliphatic heterocycles. The maximum Gasteiger partial charge on any atom is 0.325 e. The third-order valence-electron chi connectivity index (χ3n) is 1.57. The van der Waals surface area contributed by atoms with Crippen molar-refractivity contribution in [2.75, 3.05) is 7.11 Å². The summed E-state index contributed by atoms with van der Waals surface area (Å²) < 4.78 is 79.5. The van der Waals surface area contributed by atoms with Crippen LogP contribution < -0.4 is 5.72 Å². The molecule has 1 aromatic carbocycles. The largest absolute Gasteiger partial charge is 0.504 e. The molecule has 0 aliphatic carbocycles. The highest BCUT2D eigenvalue weighted by Crippen LogP contribution is 2.28. The molecular weight excluding hydrogens is 214 g/mol. The zero-order valence-electron chi connectivity index (χ0n) is 18.0. The van der Waals surface area contributed by atoms with Crippen molar-refractivity contribution < 1.29 is 34.5 Å².